The maximum absolute atomic E-state index is 12.3. The summed E-state index contributed by atoms with van der Waals surface area (Å²) in [7, 11) is 0. The van der Waals surface area contributed by atoms with E-state index in [9.17, 15) is 4.79 Å². The van der Waals surface area contributed by atoms with Crippen LogP contribution in [0.5, 0.6) is 0 Å². The fraction of sp³-hybridized carbons (Fsp3) is 0.0870. The zero-order valence-corrected chi connectivity index (χ0v) is 15.8. The largest absolute Gasteiger partial charge is 0.321 e. The number of benzene rings is 2. The summed E-state index contributed by atoms with van der Waals surface area (Å²) in [5.74, 6) is 0.508. The van der Waals surface area contributed by atoms with Crippen molar-refractivity contribution < 1.29 is 4.79 Å². The lowest BCUT2D eigenvalue weighted by molar-refractivity contribution is -0.111. The average molecular weight is 368 g/mol. The molecule has 0 aliphatic rings. The Morgan fingerprint density at radius 1 is 1.00 bits per heavy atom. The minimum atomic E-state index is -0.192. The zero-order chi connectivity index (χ0) is 19.5. The van der Waals surface area contributed by atoms with Crippen LogP contribution in [-0.2, 0) is 4.79 Å². The van der Waals surface area contributed by atoms with Crippen LogP contribution in [0.3, 0.4) is 0 Å². The van der Waals surface area contributed by atoms with Crippen LogP contribution in [0, 0.1) is 13.8 Å². The molecule has 0 aliphatic heterocycles. The molecule has 5 heteroatoms. The molecule has 28 heavy (non-hydrogen) atoms. The highest BCUT2D eigenvalue weighted by Gasteiger charge is 2.06. The third kappa shape index (κ3) is 3.83. The van der Waals surface area contributed by atoms with Crippen LogP contribution >= 0.6 is 0 Å². The van der Waals surface area contributed by atoms with E-state index in [-0.39, 0.29) is 5.91 Å². The molecular formula is C23H20N4O. The number of aryl methyl sites for hydroxylation is 2. The molecule has 0 unspecified atom stereocenters. The molecule has 2 heterocycles. The first-order valence-corrected chi connectivity index (χ1v) is 9.07. The van der Waals surface area contributed by atoms with Gasteiger partial charge in [0.1, 0.15) is 5.82 Å². The van der Waals surface area contributed by atoms with Crippen LogP contribution in [0.1, 0.15) is 17.0 Å². The number of nitrogens with zero attached hydrogens (tertiary/aromatic N) is 3. The lowest BCUT2D eigenvalue weighted by Crippen LogP contribution is -2.09. The fourth-order valence-corrected chi connectivity index (χ4v) is 3.10. The van der Waals surface area contributed by atoms with Gasteiger partial charge in [0.15, 0.2) is 5.65 Å². The van der Waals surface area contributed by atoms with Crippen LogP contribution in [-0.4, -0.2) is 20.5 Å². The Bertz CT molecular complexity index is 1160. The summed E-state index contributed by atoms with van der Waals surface area (Å²) in [6, 6.07) is 20.2. The predicted octanol–water partition coefficient (Wildman–Crippen LogP) is 4.67. The van der Waals surface area contributed by atoms with Crippen LogP contribution in [0.4, 0.5) is 5.69 Å². The van der Waals surface area contributed by atoms with Gasteiger partial charge in [0.2, 0.25) is 5.91 Å². The Balaban J connectivity index is 1.45. The van der Waals surface area contributed by atoms with Crippen molar-refractivity contribution in [1.82, 2.24) is 14.6 Å². The number of carbonyl (C=O) groups is 1. The van der Waals surface area contributed by atoms with Crippen molar-refractivity contribution >= 4 is 23.3 Å². The summed E-state index contributed by atoms with van der Waals surface area (Å²) < 4.78 is 1.69. The molecule has 0 saturated carbocycles. The van der Waals surface area contributed by atoms with E-state index < -0.39 is 0 Å². The standard InChI is InChI=1S/C23H20N4O/c1-16-14-21(15-27-23(16)24-17(2)26-27)25-22(28)13-10-18-8-11-20(12-9-18)19-6-4-3-5-7-19/h3-15H,1-2H3,(H,25,28)/b13-10+. The van der Waals surface area contributed by atoms with Crippen molar-refractivity contribution in [1.29, 1.82) is 0 Å². The molecule has 1 N–H and O–H groups in total. The van der Waals surface area contributed by atoms with E-state index in [0.29, 0.717) is 11.5 Å². The molecule has 2 aromatic heterocycles. The van der Waals surface area contributed by atoms with Crippen LogP contribution in [0.15, 0.2) is 72.9 Å². The highest BCUT2D eigenvalue weighted by atomic mass is 16.1. The van der Waals surface area contributed by atoms with Gasteiger partial charge in [0.05, 0.1) is 11.9 Å². The Kier molecular flexibility index (Phi) is 4.72. The van der Waals surface area contributed by atoms with Gasteiger partial charge in [-0.25, -0.2) is 9.50 Å². The number of hydrogen-bond acceptors (Lipinski definition) is 3. The first-order chi connectivity index (χ1) is 13.6. The Morgan fingerprint density at radius 3 is 2.46 bits per heavy atom. The second kappa shape index (κ2) is 7.48. The van der Waals surface area contributed by atoms with Crippen molar-refractivity contribution in [3.05, 3.63) is 89.9 Å². The van der Waals surface area contributed by atoms with Crippen molar-refractivity contribution in [2.75, 3.05) is 5.32 Å². The molecule has 138 valence electrons. The van der Waals surface area contributed by atoms with E-state index >= 15 is 0 Å². The number of anilines is 1. The molecule has 5 nitrogen and oxygen atoms in total. The number of pyridine rings is 1. The molecule has 1 amide bonds. The monoisotopic (exact) mass is 368 g/mol. The molecule has 0 saturated heterocycles. The molecule has 0 atom stereocenters. The maximum atomic E-state index is 12.3. The summed E-state index contributed by atoms with van der Waals surface area (Å²) in [5.41, 5.74) is 5.72. The number of fused-ring (bicyclic) bond motifs is 1. The van der Waals surface area contributed by atoms with Crippen molar-refractivity contribution in [3.8, 4) is 11.1 Å². The van der Waals surface area contributed by atoms with Gasteiger partial charge in [-0.3, -0.25) is 4.79 Å². The average Bonchev–Trinajstić information content (AvgIpc) is 3.08. The number of carbonyl (C=O) groups excluding carboxylic acids is 1. The molecule has 0 radical (unpaired) electrons. The van der Waals surface area contributed by atoms with Gasteiger partial charge in [-0.15, -0.1) is 0 Å². The smallest absolute Gasteiger partial charge is 0.248 e. The van der Waals surface area contributed by atoms with Gasteiger partial charge >= 0.3 is 0 Å². The number of aromatic nitrogens is 3. The third-order valence-electron chi connectivity index (χ3n) is 4.44. The molecule has 4 rings (SSSR count). The first-order valence-electron chi connectivity index (χ1n) is 9.07. The second-order valence-electron chi connectivity index (χ2n) is 6.65. The highest BCUT2D eigenvalue weighted by Crippen LogP contribution is 2.20. The predicted molar refractivity (Wildman–Crippen MR) is 112 cm³/mol. The molecular weight excluding hydrogens is 348 g/mol. The molecule has 0 spiro atoms. The number of nitrogens with one attached hydrogen (secondary N) is 1. The molecule has 2 aromatic carbocycles. The molecule has 0 bridgehead atoms. The Hall–Kier alpha value is -3.73. The molecule has 0 fully saturated rings. The minimum Gasteiger partial charge on any atom is -0.321 e. The lowest BCUT2D eigenvalue weighted by atomic mass is 10.0. The number of amides is 1. The zero-order valence-electron chi connectivity index (χ0n) is 15.8. The minimum absolute atomic E-state index is 0.192. The Morgan fingerprint density at radius 2 is 1.71 bits per heavy atom. The SMILES string of the molecule is Cc1nc2c(C)cc(NC(=O)/C=C/c3ccc(-c4ccccc4)cc3)cn2n1. The van der Waals surface area contributed by atoms with Gasteiger partial charge in [-0.05, 0) is 48.2 Å². The van der Waals surface area contributed by atoms with Gasteiger partial charge < -0.3 is 5.32 Å². The van der Waals surface area contributed by atoms with Gasteiger partial charge in [0.25, 0.3) is 0 Å². The third-order valence-corrected chi connectivity index (χ3v) is 4.44. The first kappa shape index (κ1) is 17.7. The van der Waals surface area contributed by atoms with Crippen LogP contribution in [0.25, 0.3) is 22.9 Å². The quantitative estimate of drug-likeness (QED) is 0.533. The Labute approximate surface area is 163 Å². The van der Waals surface area contributed by atoms with Gasteiger partial charge in [0, 0.05) is 6.08 Å². The van der Waals surface area contributed by atoms with Crippen LogP contribution in [0.2, 0.25) is 0 Å². The lowest BCUT2D eigenvalue weighted by Gasteiger charge is -2.05. The van der Waals surface area contributed by atoms with Crippen molar-refractivity contribution in [2.45, 2.75) is 13.8 Å². The van der Waals surface area contributed by atoms with E-state index in [2.05, 4.69) is 39.7 Å². The maximum Gasteiger partial charge on any atom is 0.248 e. The summed E-state index contributed by atoms with van der Waals surface area (Å²) in [4.78, 5) is 16.6. The topological polar surface area (TPSA) is 59.3 Å². The van der Waals surface area contributed by atoms with E-state index in [1.165, 1.54) is 11.6 Å². The summed E-state index contributed by atoms with van der Waals surface area (Å²) in [6.45, 7) is 3.79. The van der Waals surface area contributed by atoms with Crippen LogP contribution < -0.4 is 5.32 Å². The summed E-state index contributed by atoms with van der Waals surface area (Å²) in [5, 5.41) is 7.18. The van der Waals surface area contributed by atoms with E-state index in [0.717, 1.165) is 22.3 Å². The normalized spacial score (nSPS) is 11.2. The van der Waals surface area contributed by atoms with Crippen molar-refractivity contribution in [3.63, 3.8) is 0 Å². The van der Waals surface area contributed by atoms with E-state index in [1.807, 2.05) is 50.2 Å². The molecule has 0 aliphatic carbocycles. The molecule has 4 aromatic rings. The van der Waals surface area contributed by atoms with Gasteiger partial charge in [-0.1, -0.05) is 54.6 Å². The number of hydrogen-bond donors (Lipinski definition) is 1. The highest BCUT2D eigenvalue weighted by molar-refractivity contribution is 6.02. The summed E-state index contributed by atoms with van der Waals surface area (Å²) in [6.07, 6.45) is 5.10. The van der Waals surface area contributed by atoms with Gasteiger partial charge in [-0.2, -0.15) is 5.10 Å². The number of rotatable bonds is 4. The van der Waals surface area contributed by atoms with E-state index in [1.54, 1.807) is 16.8 Å². The summed E-state index contributed by atoms with van der Waals surface area (Å²) >= 11 is 0. The van der Waals surface area contributed by atoms with Crippen molar-refractivity contribution in [2.24, 2.45) is 0 Å². The second-order valence-corrected chi connectivity index (χ2v) is 6.65. The van der Waals surface area contributed by atoms with E-state index in [4.69, 9.17) is 0 Å². The fourth-order valence-electron chi connectivity index (χ4n) is 3.10.